The molecular weight excluding hydrogens is 769 g/mol. The maximum absolute atomic E-state index is 14.4. The predicted molar refractivity (Wildman–Crippen MR) is 244 cm³/mol. The molecule has 0 spiro atoms. The fourth-order valence-corrected chi connectivity index (χ4v) is 10.8. The number of fused-ring (bicyclic) bond motifs is 2. The SMILES string of the molecule is O=C([C@@H](c1ccccc1)N1CCCC1)N1CCC[C@H]1c1nc2ccc(-c3ccc(-c4ccc5nc([C@@H]6CCCN6C(=O)[C@@H](c6ccccc6)N6CCCC6)[nH]c5c4)cc3)cc2[nH]1. The average Bonchev–Trinajstić information content (AvgIpc) is 4.18. The van der Waals surface area contributed by atoms with Crippen molar-refractivity contribution in [3.63, 3.8) is 0 Å². The van der Waals surface area contributed by atoms with Crippen molar-refractivity contribution in [2.75, 3.05) is 39.3 Å². The van der Waals surface area contributed by atoms with Crippen molar-refractivity contribution in [3.8, 4) is 22.3 Å². The van der Waals surface area contributed by atoms with Crippen molar-refractivity contribution in [1.82, 2.24) is 39.5 Å². The first-order chi connectivity index (χ1) is 30.6. The number of hydrogen-bond donors (Lipinski definition) is 2. The summed E-state index contributed by atoms with van der Waals surface area (Å²) in [5, 5.41) is 0. The second kappa shape index (κ2) is 16.6. The maximum Gasteiger partial charge on any atom is 0.245 e. The van der Waals surface area contributed by atoms with E-state index >= 15 is 0 Å². The average molecular weight is 823 g/mol. The summed E-state index contributed by atoms with van der Waals surface area (Å²) in [7, 11) is 0. The second-order valence-corrected chi connectivity index (χ2v) is 17.8. The number of carbonyl (C=O) groups is 2. The molecule has 0 unspecified atom stereocenters. The molecule has 4 aliphatic heterocycles. The van der Waals surface area contributed by atoms with E-state index in [1.165, 1.54) is 0 Å². The van der Waals surface area contributed by atoms with E-state index in [2.05, 4.69) is 114 Å². The number of amides is 2. The molecule has 0 aliphatic carbocycles. The molecule has 4 saturated heterocycles. The summed E-state index contributed by atoms with van der Waals surface area (Å²) >= 11 is 0. The molecule has 11 rings (SSSR count). The summed E-state index contributed by atoms with van der Waals surface area (Å²) in [5.74, 6) is 2.11. The van der Waals surface area contributed by atoms with Gasteiger partial charge in [-0.25, -0.2) is 9.97 Å². The van der Waals surface area contributed by atoms with Gasteiger partial charge in [0.25, 0.3) is 0 Å². The quantitative estimate of drug-likeness (QED) is 0.142. The van der Waals surface area contributed by atoms with Gasteiger partial charge in [0.05, 0.1) is 34.2 Å². The van der Waals surface area contributed by atoms with E-state index in [-0.39, 0.29) is 36.0 Å². The van der Waals surface area contributed by atoms with Crippen LogP contribution < -0.4 is 0 Å². The third-order valence-corrected chi connectivity index (χ3v) is 14.0. The summed E-state index contributed by atoms with van der Waals surface area (Å²) < 4.78 is 0. The first kappa shape index (κ1) is 38.8. The normalized spacial score (nSPS) is 20.8. The van der Waals surface area contributed by atoms with Crippen molar-refractivity contribution in [3.05, 3.63) is 144 Å². The Morgan fingerprint density at radius 1 is 0.468 bits per heavy atom. The van der Waals surface area contributed by atoms with Crippen LogP contribution in [0.3, 0.4) is 0 Å². The summed E-state index contributed by atoms with van der Waals surface area (Å²) in [6.07, 6.45) is 8.28. The molecule has 2 aromatic heterocycles. The standard InChI is InChI=1S/C52H54N8O2/c61-51(47(57-27-7-8-28-57)37-13-3-1-4-14-37)59-31-11-17-45(59)49-53-41-25-23-39(33-43(41)55-49)35-19-21-36(22-20-35)40-24-26-42-44(34-40)56-50(54-42)46-18-12-32-60(46)52(62)48(58-29-9-10-30-58)38-15-5-2-6-16-38/h1-6,13-16,19-26,33-34,45-48H,7-12,17-18,27-32H2,(H,53,55)(H,54,56)/t45-,46-,47+,48+/m0/s1. The lowest BCUT2D eigenvalue weighted by Gasteiger charge is -2.33. The van der Waals surface area contributed by atoms with Gasteiger partial charge in [-0.1, -0.05) is 97.1 Å². The highest BCUT2D eigenvalue weighted by Gasteiger charge is 2.41. The molecule has 0 radical (unpaired) electrons. The molecule has 10 nitrogen and oxygen atoms in total. The molecule has 62 heavy (non-hydrogen) atoms. The number of likely N-dealkylation sites (tertiary alicyclic amines) is 4. The summed E-state index contributed by atoms with van der Waals surface area (Å²) in [6.45, 7) is 5.32. The number of aromatic amines is 2. The Morgan fingerprint density at radius 2 is 0.855 bits per heavy atom. The first-order valence-electron chi connectivity index (χ1n) is 22.8. The summed E-state index contributed by atoms with van der Waals surface area (Å²) in [4.78, 5) is 55.0. The van der Waals surface area contributed by atoms with Gasteiger partial charge >= 0.3 is 0 Å². The minimum absolute atomic E-state index is 0.0684. The number of imidazole rings is 2. The van der Waals surface area contributed by atoms with E-state index < -0.39 is 0 Å². The third kappa shape index (κ3) is 7.28. The van der Waals surface area contributed by atoms with E-state index in [1.54, 1.807) is 0 Å². The topological polar surface area (TPSA) is 104 Å². The Morgan fingerprint density at radius 3 is 1.26 bits per heavy atom. The molecule has 4 fully saturated rings. The lowest BCUT2D eigenvalue weighted by atomic mass is 10.00. The van der Waals surface area contributed by atoms with E-state index in [1.807, 2.05) is 36.4 Å². The highest BCUT2D eigenvalue weighted by Crippen LogP contribution is 2.39. The fourth-order valence-electron chi connectivity index (χ4n) is 10.8. The van der Waals surface area contributed by atoms with E-state index in [4.69, 9.17) is 9.97 Å². The molecule has 4 atom stereocenters. The van der Waals surface area contributed by atoms with Crippen LogP contribution in [-0.4, -0.2) is 90.6 Å². The molecule has 7 aromatic rings. The number of benzene rings is 5. The second-order valence-electron chi connectivity index (χ2n) is 17.8. The summed E-state index contributed by atoms with van der Waals surface area (Å²) in [6, 6.07) is 41.5. The van der Waals surface area contributed by atoms with Crippen LogP contribution in [0.1, 0.15) is 98.3 Å². The number of nitrogens with one attached hydrogen (secondary N) is 2. The number of rotatable bonds is 10. The van der Waals surface area contributed by atoms with Gasteiger partial charge in [0.15, 0.2) is 0 Å². The minimum atomic E-state index is -0.255. The number of nitrogens with zero attached hydrogens (tertiary/aromatic N) is 6. The van der Waals surface area contributed by atoms with Crippen LogP contribution in [0.25, 0.3) is 44.3 Å². The van der Waals surface area contributed by atoms with Gasteiger partial charge in [-0.2, -0.15) is 0 Å². The Kier molecular flexibility index (Phi) is 10.4. The number of carbonyl (C=O) groups excluding carboxylic acids is 2. The molecule has 0 bridgehead atoms. The largest absolute Gasteiger partial charge is 0.340 e. The lowest BCUT2D eigenvalue weighted by Crippen LogP contribution is -2.42. The van der Waals surface area contributed by atoms with Gasteiger partial charge < -0.3 is 19.8 Å². The molecule has 314 valence electrons. The van der Waals surface area contributed by atoms with Gasteiger partial charge in [-0.05, 0) is 135 Å². The van der Waals surface area contributed by atoms with E-state index in [0.29, 0.717) is 0 Å². The Bertz CT molecular complexity index is 2510. The zero-order chi connectivity index (χ0) is 41.6. The van der Waals surface area contributed by atoms with Crippen molar-refractivity contribution in [2.24, 2.45) is 0 Å². The van der Waals surface area contributed by atoms with Gasteiger partial charge in [0.2, 0.25) is 11.8 Å². The van der Waals surface area contributed by atoms with Crippen LogP contribution in [0.4, 0.5) is 0 Å². The van der Waals surface area contributed by atoms with Gasteiger partial charge in [-0.3, -0.25) is 19.4 Å². The lowest BCUT2D eigenvalue weighted by molar-refractivity contribution is -0.138. The monoisotopic (exact) mass is 822 g/mol. The molecule has 0 saturated carbocycles. The number of H-pyrrole nitrogens is 2. The molecule has 5 aromatic carbocycles. The minimum Gasteiger partial charge on any atom is -0.340 e. The summed E-state index contributed by atoms with van der Waals surface area (Å²) in [5.41, 5.74) is 10.4. The highest BCUT2D eigenvalue weighted by atomic mass is 16.2. The van der Waals surface area contributed by atoms with Gasteiger partial charge in [-0.15, -0.1) is 0 Å². The molecule has 2 amide bonds. The predicted octanol–water partition coefficient (Wildman–Crippen LogP) is 9.77. The number of aromatic nitrogens is 4. The maximum atomic E-state index is 14.4. The van der Waals surface area contributed by atoms with Crippen molar-refractivity contribution < 1.29 is 9.59 Å². The molecular formula is C52H54N8O2. The van der Waals surface area contributed by atoms with Crippen LogP contribution in [0.2, 0.25) is 0 Å². The Labute approximate surface area is 363 Å². The van der Waals surface area contributed by atoms with Crippen LogP contribution in [0.15, 0.2) is 121 Å². The first-order valence-corrected chi connectivity index (χ1v) is 22.8. The third-order valence-electron chi connectivity index (χ3n) is 14.0. The highest BCUT2D eigenvalue weighted by molar-refractivity contribution is 5.87. The van der Waals surface area contributed by atoms with Crippen molar-refractivity contribution in [2.45, 2.75) is 75.5 Å². The van der Waals surface area contributed by atoms with E-state index in [0.717, 1.165) is 158 Å². The fraction of sp³-hybridized carbons (Fsp3) is 0.346. The smallest absolute Gasteiger partial charge is 0.245 e. The Hall–Kier alpha value is -6.10. The molecule has 4 aliphatic rings. The van der Waals surface area contributed by atoms with Crippen molar-refractivity contribution in [1.29, 1.82) is 0 Å². The zero-order valence-corrected chi connectivity index (χ0v) is 35.3. The van der Waals surface area contributed by atoms with Crippen LogP contribution in [0.5, 0.6) is 0 Å². The van der Waals surface area contributed by atoms with Crippen LogP contribution in [-0.2, 0) is 9.59 Å². The van der Waals surface area contributed by atoms with E-state index in [9.17, 15) is 9.59 Å². The molecule has 2 N–H and O–H groups in total. The van der Waals surface area contributed by atoms with Gasteiger partial charge in [0, 0.05) is 13.1 Å². The van der Waals surface area contributed by atoms with Gasteiger partial charge in [0.1, 0.15) is 23.7 Å². The molecule has 6 heterocycles. The van der Waals surface area contributed by atoms with Crippen molar-refractivity contribution >= 4 is 33.9 Å². The molecule has 10 heteroatoms. The van der Waals surface area contributed by atoms with Crippen LogP contribution >= 0.6 is 0 Å². The Balaban J connectivity index is 0.802. The number of hydrogen-bond acceptors (Lipinski definition) is 6. The zero-order valence-electron chi connectivity index (χ0n) is 35.3. The van der Waals surface area contributed by atoms with Crippen LogP contribution in [0, 0.1) is 0 Å².